The lowest BCUT2D eigenvalue weighted by atomic mass is 10.3. The molecule has 0 aliphatic rings. The molecule has 66 valence electrons. The predicted octanol–water partition coefficient (Wildman–Crippen LogP) is 1.57. The Kier molecular flexibility index (Phi) is 1.41. The van der Waals surface area contributed by atoms with Crippen LogP contribution in [0.15, 0.2) is 36.8 Å². The van der Waals surface area contributed by atoms with Crippen LogP contribution in [0.4, 0.5) is 0 Å². The maximum Gasteiger partial charge on any atom is 0.178 e. The van der Waals surface area contributed by atoms with E-state index in [-0.39, 0.29) is 0 Å². The van der Waals surface area contributed by atoms with Gasteiger partial charge in [0.1, 0.15) is 5.52 Å². The van der Waals surface area contributed by atoms with Crippen molar-refractivity contribution in [1.82, 2.24) is 19.9 Å². The molecule has 0 amide bonds. The Bertz CT molecular complexity index is 501. The molecule has 3 rings (SSSR count). The van der Waals surface area contributed by atoms with Gasteiger partial charge in [-0.15, -0.1) is 0 Å². The van der Waals surface area contributed by atoms with Crippen LogP contribution in [0.25, 0.3) is 22.2 Å². The molecule has 3 aromatic heterocycles. The van der Waals surface area contributed by atoms with Gasteiger partial charge in [-0.25, -0.2) is 9.97 Å². The summed E-state index contributed by atoms with van der Waals surface area (Å²) in [5.41, 5.74) is 3.13. The molecule has 3 aromatic rings. The molecule has 0 aromatic carbocycles. The third kappa shape index (κ3) is 1.01. The number of hydrogen-bond acceptors (Lipinski definition) is 4. The van der Waals surface area contributed by atoms with Crippen LogP contribution in [0.2, 0.25) is 0 Å². The summed E-state index contributed by atoms with van der Waals surface area (Å²) < 4.78 is 0. The van der Waals surface area contributed by atoms with Crippen molar-refractivity contribution in [1.29, 1.82) is 0 Å². The fourth-order valence-electron chi connectivity index (χ4n) is 1.39. The number of fused-ring (bicyclic) bond motifs is 2. The van der Waals surface area contributed by atoms with Gasteiger partial charge in [0.15, 0.2) is 5.65 Å². The van der Waals surface area contributed by atoms with E-state index in [2.05, 4.69) is 19.9 Å². The van der Waals surface area contributed by atoms with Crippen LogP contribution in [0, 0.1) is 0 Å². The van der Waals surface area contributed by atoms with Crippen molar-refractivity contribution in [2.24, 2.45) is 0 Å². The molecule has 0 aliphatic heterocycles. The minimum absolute atomic E-state index is 0.660. The summed E-state index contributed by atoms with van der Waals surface area (Å²) in [6.07, 6.45) is 5.03. The topological polar surface area (TPSA) is 51.6 Å². The number of rotatable bonds is 0. The van der Waals surface area contributed by atoms with Crippen molar-refractivity contribution in [2.75, 3.05) is 0 Å². The lowest BCUT2D eigenvalue weighted by Gasteiger charge is -1.97. The van der Waals surface area contributed by atoms with Gasteiger partial charge in [-0.1, -0.05) is 0 Å². The van der Waals surface area contributed by atoms with Gasteiger partial charge in [0.25, 0.3) is 0 Å². The van der Waals surface area contributed by atoms with Crippen LogP contribution in [0.1, 0.15) is 0 Å². The third-order valence-corrected chi connectivity index (χ3v) is 2.02. The molecule has 14 heavy (non-hydrogen) atoms. The van der Waals surface area contributed by atoms with E-state index >= 15 is 0 Å². The molecule has 0 aliphatic carbocycles. The fourth-order valence-corrected chi connectivity index (χ4v) is 1.39. The molecular formula is C10H6N4. The van der Waals surface area contributed by atoms with E-state index in [0.29, 0.717) is 5.65 Å². The van der Waals surface area contributed by atoms with Gasteiger partial charge in [-0.3, -0.25) is 9.97 Å². The molecule has 4 heteroatoms. The summed E-state index contributed by atoms with van der Waals surface area (Å²) in [4.78, 5) is 16.8. The highest BCUT2D eigenvalue weighted by molar-refractivity contribution is 5.85. The zero-order chi connectivity index (χ0) is 9.38. The molecule has 0 N–H and O–H groups in total. The molecule has 0 bridgehead atoms. The monoisotopic (exact) mass is 182 g/mol. The van der Waals surface area contributed by atoms with E-state index in [1.54, 1.807) is 18.6 Å². The van der Waals surface area contributed by atoms with Crippen LogP contribution in [0.3, 0.4) is 0 Å². The summed E-state index contributed by atoms with van der Waals surface area (Å²) in [5, 5.41) is 0. The van der Waals surface area contributed by atoms with Crippen molar-refractivity contribution in [3.8, 4) is 0 Å². The SMILES string of the molecule is c1cnc2cc3nccnc3nc2c1. The first kappa shape index (κ1) is 7.32. The van der Waals surface area contributed by atoms with Crippen LogP contribution in [-0.4, -0.2) is 19.9 Å². The van der Waals surface area contributed by atoms with Gasteiger partial charge in [0.2, 0.25) is 0 Å². The van der Waals surface area contributed by atoms with Crippen LogP contribution in [0.5, 0.6) is 0 Å². The van der Waals surface area contributed by atoms with Crippen molar-refractivity contribution >= 4 is 22.2 Å². The van der Waals surface area contributed by atoms with E-state index in [0.717, 1.165) is 16.6 Å². The van der Waals surface area contributed by atoms with Gasteiger partial charge in [0.05, 0.1) is 11.0 Å². The Labute approximate surface area is 79.7 Å². The number of hydrogen-bond donors (Lipinski definition) is 0. The Balaban J connectivity index is 2.52. The molecule has 0 saturated carbocycles. The first-order valence-corrected chi connectivity index (χ1v) is 4.26. The first-order valence-electron chi connectivity index (χ1n) is 4.26. The van der Waals surface area contributed by atoms with E-state index in [1.807, 2.05) is 18.2 Å². The Hall–Kier alpha value is -2.10. The second kappa shape index (κ2) is 2.70. The van der Waals surface area contributed by atoms with Crippen molar-refractivity contribution < 1.29 is 0 Å². The van der Waals surface area contributed by atoms with Gasteiger partial charge in [-0.05, 0) is 18.2 Å². The van der Waals surface area contributed by atoms with Gasteiger partial charge in [0, 0.05) is 18.6 Å². The minimum Gasteiger partial charge on any atom is -0.255 e. The summed E-state index contributed by atoms with van der Waals surface area (Å²) in [6.45, 7) is 0. The fraction of sp³-hybridized carbons (Fsp3) is 0. The summed E-state index contributed by atoms with van der Waals surface area (Å²) in [7, 11) is 0. The molecular weight excluding hydrogens is 176 g/mol. The minimum atomic E-state index is 0.660. The lowest BCUT2D eigenvalue weighted by molar-refractivity contribution is 1.24. The standard InChI is InChI=1S/C10H6N4/c1-2-7-8(11-3-1)6-9-10(14-7)13-5-4-12-9/h1-6H. The van der Waals surface area contributed by atoms with Crippen molar-refractivity contribution in [2.45, 2.75) is 0 Å². The van der Waals surface area contributed by atoms with E-state index in [1.165, 1.54) is 0 Å². The van der Waals surface area contributed by atoms with E-state index < -0.39 is 0 Å². The van der Waals surface area contributed by atoms with Crippen LogP contribution < -0.4 is 0 Å². The maximum atomic E-state index is 4.34. The van der Waals surface area contributed by atoms with E-state index in [4.69, 9.17) is 0 Å². The first-order chi connectivity index (χ1) is 6.93. The maximum absolute atomic E-state index is 4.34. The second-order valence-electron chi connectivity index (χ2n) is 2.93. The smallest absolute Gasteiger partial charge is 0.178 e. The summed E-state index contributed by atoms with van der Waals surface area (Å²) in [6, 6.07) is 5.67. The predicted molar refractivity (Wildman–Crippen MR) is 52.6 cm³/mol. The third-order valence-electron chi connectivity index (χ3n) is 2.02. The molecule has 0 saturated heterocycles. The average Bonchev–Trinajstić information content (AvgIpc) is 2.26. The van der Waals surface area contributed by atoms with Gasteiger partial charge >= 0.3 is 0 Å². The molecule has 0 spiro atoms. The average molecular weight is 182 g/mol. The number of aromatic nitrogens is 4. The van der Waals surface area contributed by atoms with Gasteiger partial charge < -0.3 is 0 Å². The Morgan fingerprint density at radius 3 is 2.64 bits per heavy atom. The Morgan fingerprint density at radius 1 is 0.786 bits per heavy atom. The quantitative estimate of drug-likeness (QED) is 0.495. The molecule has 0 fully saturated rings. The van der Waals surface area contributed by atoms with Crippen molar-refractivity contribution in [3.63, 3.8) is 0 Å². The largest absolute Gasteiger partial charge is 0.255 e. The molecule has 0 unspecified atom stereocenters. The number of pyridine rings is 2. The van der Waals surface area contributed by atoms with Crippen LogP contribution in [-0.2, 0) is 0 Å². The normalized spacial score (nSPS) is 10.9. The Morgan fingerprint density at radius 2 is 1.64 bits per heavy atom. The number of nitrogens with zero attached hydrogens (tertiary/aromatic N) is 4. The highest BCUT2D eigenvalue weighted by atomic mass is 14.9. The lowest BCUT2D eigenvalue weighted by Crippen LogP contribution is -1.88. The van der Waals surface area contributed by atoms with Gasteiger partial charge in [-0.2, -0.15) is 0 Å². The second-order valence-corrected chi connectivity index (χ2v) is 2.93. The van der Waals surface area contributed by atoms with E-state index in [9.17, 15) is 0 Å². The highest BCUT2D eigenvalue weighted by Gasteiger charge is 2.00. The molecule has 4 nitrogen and oxygen atoms in total. The highest BCUT2D eigenvalue weighted by Crippen LogP contribution is 2.13. The summed E-state index contributed by atoms with van der Waals surface area (Å²) in [5.74, 6) is 0. The molecule has 0 atom stereocenters. The summed E-state index contributed by atoms with van der Waals surface area (Å²) >= 11 is 0. The zero-order valence-electron chi connectivity index (χ0n) is 7.25. The van der Waals surface area contributed by atoms with Crippen molar-refractivity contribution in [3.05, 3.63) is 36.8 Å². The molecule has 0 radical (unpaired) electrons. The zero-order valence-corrected chi connectivity index (χ0v) is 7.25. The molecule has 3 heterocycles. The van der Waals surface area contributed by atoms with Crippen LogP contribution >= 0.6 is 0 Å².